The molecule has 0 spiro atoms. The molecule has 0 unspecified atom stereocenters. The lowest BCUT2D eigenvalue weighted by Gasteiger charge is -2.18. The first-order valence-corrected chi connectivity index (χ1v) is 8.85. The number of benzene rings is 2. The van der Waals surface area contributed by atoms with Gasteiger partial charge in [0, 0.05) is 35.8 Å². The van der Waals surface area contributed by atoms with Crippen molar-refractivity contribution in [3.05, 3.63) is 70.2 Å². The number of hydrogen-bond donors (Lipinski definition) is 1. The van der Waals surface area contributed by atoms with Crippen molar-refractivity contribution < 1.29 is 9.59 Å². The molecule has 0 saturated heterocycles. The summed E-state index contributed by atoms with van der Waals surface area (Å²) in [5.41, 5.74) is 2.14. The van der Waals surface area contributed by atoms with Crippen molar-refractivity contribution in [1.29, 1.82) is 0 Å². The molecule has 0 bridgehead atoms. The highest BCUT2D eigenvalue weighted by Crippen LogP contribution is 2.11. The van der Waals surface area contributed by atoms with Gasteiger partial charge >= 0.3 is 0 Å². The summed E-state index contributed by atoms with van der Waals surface area (Å²) in [6.45, 7) is 5.69. The Kier molecular flexibility index (Phi) is 7.02. The molecule has 0 radical (unpaired) electrons. The van der Waals surface area contributed by atoms with Crippen molar-refractivity contribution in [2.45, 2.75) is 20.3 Å². The molecule has 2 amide bonds. The highest BCUT2D eigenvalue weighted by Gasteiger charge is 2.14. The summed E-state index contributed by atoms with van der Waals surface area (Å²) < 4.78 is 0. The van der Waals surface area contributed by atoms with Gasteiger partial charge in [0.25, 0.3) is 11.8 Å². The second-order valence-electron chi connectivity index (χ2n) is 5.69. The predicted octanol–water partition coefficient (Wildman–Crippen LogP) is 3.79. The molecule has 0 fully saturated rings. The van der Waals surface area contributed by atoms with E-state index in [9.17, 15) is 9.59 Å². The average molecular weight is 359 g/mol. The zero-order chi connectivity index (χ0) is 18.2. The molecule has 0 aliphatic carbocycles. The minimum absolute atomic E-state index is 0.0548. The first-order valence-electron chi connectivity index (χ1n) is 8.47. The van der Waals surface area contributed by atoms with Crippen LogP contribution < -0.4 is 5.32 Å². The monoisotopic (exact) mass is 358 g/mol. The maximum atomic E-state index is 12.4. The molecular formula is C20H23ClN2O2. The van der Waals surface area contributed by atoms with Gasteiger partial charge in [0.05, 0.1) is 0 Å². The Morgan fingerprint density at radius 2 is 1.64 bits per heavy atom. The first kappa shape index (κ1) is 19.0. The van der Waals surface area contributed by atoms with Crippen LogP contribution in [0.1, 0.15) is 40.1 Å². The molecule has 0 saturated carbocycles. The van der Waals surface area contributed by atoms with Gasteiger partial charge in [-0.1, -0.05) is 29.8 Å². The summed E-state index contributed by atoms with van der Waals surface area (Å²) in [7, 11) is 0. The fraction of sp³-hybridized carbons (Fsp3) is 0.300. The molecule has 0 aliphatic rings. The number of rotatable bonds is 7. The molecule has 132 valence electrons. The summed E-state index contributed by atoms with van der Waals surface area (Å²) in [6, 6.07) is 14.4. The average Bonchev–Trinajstić information content (AvgIpc) is 2.64. The number of hydrogen-bond acceptors (Lipinski definition) is 2. The van der Waals surface area contributed by atoms with E-state index in [0.717, 1.165) is 12.0 Å². The van der Waals surface area contributed by atoms with Crippen LogP contribution in [0.5, 0.6) is 0 Å². The van der Waals surface area contributed by atoms with Crippen molar-refractivity contribution in [3.63, 3.8) is 0 Å². The van der Waals surface area contributed by atoms with E-state index in [-0.39, 0.29) is 11.8 Å². The number of halogens is 1. The molecule has 0 heterocycles. The Bertz CT molecular complexity index is 725. The Morgan fingerprint density at radius 1 is 1.00 bits per heavy atom. The standard InChI is InChI=1S/C20H23ClN2O2/c1-3-23(4-2)20(25)17-7-5-6-16(14-17)19(24)22-13-12-15-8-10-18(21)11-9-15/h5-11,14H,3-4,12-13H2,1-2H3,(H,22,24). The summed E-state index contributed by atoms with van der Waals surface area (Å²) in [6.07, 6.45) is 0.723. The molecule has 4 nitrogen and oxygen atoms in total. The summed E-state index contributed by atoms with van der Waals surface area (Å²) in [5.74, 6) is -0.232. The fourth-order valence-electron chi connectivity index (χ4n) is 2.56. The summed E-state index contributed by atoms with van der Waals surface area (Å²) >= 11 is 5.86. The van der Waals surface area contributed by atoms with Gasteiger partial charge in [-0.2, -0.15) is 0 Å². The molecule has 25 heavy (non-hydrogen) atoms. The second-order valence-corrected chi connectivity index (χ2v) is 6.13. The number of amides is 2. The van der Waals surface area contributed by atoms with Gasteiger partial charge in [-0.3, -0.25) is 9.59 Å². The molecule has 5 heteroatoms. The van der Waals surface area contributed by atoms with Crippen LogP contribution in [0.25, 0.3) is 0 Å². The summed E-state index contributed by atoms with van der Waals surface area (Å²) in [4.78, 5) is 26.4. The minimum atomic E-state index is -0.178. The SMILES string of the molecule is CCN(CC)C(=O)c1cccc(C(=O)NCCc2ccc(Cl)cc2)c1. The van der Waals surface area contributed by atoms with Crippen LogP contribution in [0.15, 0.2) is 48.5 Å². The Hall–Kier alpha value is -2.33. The second kappa shape index (κ2) is 9.23. The van der Waals surface area contributed by atoms with E-state index < -0.39 is 0 Å². The van der Waals surface area contributed by atoms with E-state index in [1.165, 1.54) is 0 Å². The third-order valence-corrected chi connectivity index (χ3v) is 4.29. The molecule has 2 aromatic rings. The normalized spacial score (nSPS) is 10.4. The Balaban J connectivity index is 1.96. The van der Waals surface area contributed by atoms with Crippen LogP contribution >= 0.6 is 11.6 Å². The molecule has 0 aromatic heterocycles. The maximum Gasteiger partial charge on any atom is 0.253 e. The zero-order valence-electron chi connectivity index (χ0n) is 14.6. The van der Waals surface area contributed by atoms with Crippen molar-refractivity contribution in [2.24, 2.45) is 0 Å². The fourth-order valence-corrected chi connectivity index (χ4v) is 2.69. The lowest BCUT2D eigenvalue weighted by Crippen LogP contribution is -2.31. The van der Waals surface area contributed by atoms with E-state index in [4.69, 9.17) is 11.6 Å². The Labute approximate surface area is 153 Å². The van der Waals surface area contributed by atoms with Crippen molar-refractivity contribution in [2.75, 3.05) is 19.6 Å². The van der Waals surface area contributed by atoms with Gasteiger partial charge in [0.1, 0.15) is 0 Å². The molecule has 0 atom stereocenters. The Morgan fingerprint density at radius 3 is 2.28 bits per heavy atom. The van der Waals surface area contributed by atoms with Gasteiger partial charge < -0.3 is 10.2 Å². The lowest BCUT2D eigenvalue weighted by atomic mass is 10.1. The maximum absolute atomic E-state index is 12.4. The highest BCUT2D eigenvalue weighted by atomic mass is 35.5. The van der Waals surface area contributed by atoms with Crippen LogP contribution in [0.2, 0.25) is 5.02 Å². The van der Waals surface area contributed by atoms with Crippen molar-refractivity contribution in [3.8, 4) is 0 Å². The predicted molar refractivity (Wildman–Crippen MR) is 101 cm³/mol. The highest BCUT2D eigenvalue weighted by molar-refractivity contribution is 6.30. The molecular weight excluding hydrogens is 336 g/mol. The van der Waals surface area contributed by atoms with Crippen LogP contribution in [0.4, 0.5) is 0 Å². The quantitative estimate of drug-likeness (QED) is 0.818. The molecule has 1 N–H and O–H groups in total. The largest absolute Gasteiger partial charge is 0.352 e. The number of nitrogens with zero attached hydrogens (tertiary/aromatic N) is 1. The van der Waals surface area contributed by atoms with Crippen LogP contribution in [0, 0.1) is 0 Å². The van der Waals surface area contributed by atoms with Crippen LogP contribution in [-0.2, 0) is 6.42 Å². The van der Waals surface area contributed by atoms with Gasteiger partial charge in [0.2, 0.25) is 0 Å². The van der Waals surface area contributed by atoms with Gasteiger partial charge in [0.15, 0.2) is 0 Å². The lowest BCUT2D eigenvalue weighted by molar-refractivity contribution is 0.0773. The van der Waals surface area contributed by atoms with Crippen molar-refractivity contribution in [1.82, 2.24) is 10.2 Å². The number of nitrogens with one attached hydrogen (secondary N) is 1. The third kappa shape index (κ3) is 5.33. The smallest absolute Gasteiger partial charge is 0.253 e. The number of carbonyl (C=O) groups excluding carboxylic acids is 2. The van der Waals surface area contributed by atoms with Crippen molar-refractivity contribution >= 4 is 23.4 Å². The topological polar surface area (TPSA) is 49.4 Å². The van der Waals surface area contributed by atoms with E-state index in [1.54, 1.807) is 29.2 Å². The van der Waals surface area contributed by atoms with Gasteiger partial charge in [-0.15, -0.1) is 0 Å². The van der Waals surface area contributed by atoms with E-state index in [0.29, 0.717) is 35.8 Å². The number of carbonyl (C=O) groups is 2. The first-order chi connectivity index (χ1) is 12.0. The zero-order valence-corrected chi connectivity index (χ0v) is 15.3. The third-order valence-electron chi connectivity index (χ3n) is 4.03. The molecule has 0 aliphatic heterocycles. The minimum Gasteiger partial charge on any atom is -0.352 e. The van der Waals surface area contributed by atoms with Gasteiger partial charge in [-0.05, 0) is 56.2 Å². The van der Waals surface area contributed by atoms with E-state index in [2.05, 4.69) is 5.32 Å². The van der Waals surface area contributed by atoms with Crippen LogP contribution in [0.3, 0.4) is 0 Å². The molecule has 2 rings (SSSR count). The molecule has 2 aromatic carbocycles. The van der Waals surface area contributed by atoms with E-state index in [1.807, 2.05) is 38.1 Å². The van der Waals surface area contributed by atoms with E-state index >= 15 is 0 Å². The summed E-state index contributed by atoms with van der Waals surface area (Å²) in [5, 5.41) is 3.59. The van der Waals surface area contributed by atoms with Crippen LogP contribution in [-0.4, -0.2) is 36.3 Å². The van der Waals surface area contributed by atoms with Gasteiger partial charge in [-0.25, -0.2) is 0 Å².